The molecule has 23 heavy (non-hydrogen) atoms. The fraction of sp³-hybridized carbons (Fsp3) is 0.529. The zero-order chi connectivity index (χ0) is 15.8. The number of aliphatic hydroxyl groups excluding tert-OH is 1. The van der Waals surface area contributed by atoms with Gasteiger partial charge in [0.2, 0.25) is 0 Å². The summed E-state index contributed by atoms with van der Waals surface area (Å²) in [5.74, 6) is 0.546. The van der Waals surface area contributed by atoms with Crippen molar-refractivity contribution in [2.75, 3.05) is 24.7 Å². The maximum atomic E-state index is 13.7. The molecule has 2 aromatic rings. The standard InChI is InChI=1S/C17H20FN3O2/c18-11-3-4-14-12(8-11)17(20-10-19-14)21-6-1-2-15(21)13-9-23-7-5-16(13)22/h3-4,8,10,13,15-16,22H,1-2,5-7,9H2. The molecule has 0 spiro atoms. The van der Waals surface area contributed by atoms with Gasteiger partial charge in [0.05, 0.1) is 18.2 Å². The second-order valence-electron chi connectivity index (χ2n) is 6.36. The van der Waals surface area contributed by atoms with Crippen LogP contribution in [0.4, 0.5) is 10.2 Å². The molecule has 1 aromatic heterocycles. The first-order valence-corrected chi connectivity index (χ1v) is 8.17. The molecule has 1 aromatic carbocycles. The summed E-state index contributed by atoms with van der Waals surface area (Å²) in [5.41, 5.74) is 0.738. The van der Waals surface area contributed by atoms with Crippen LogP contribution in [0.5, 0.6) is 0 Å². The summed E-state index contributed by atoms with van der Waals surface area (Å²) in [6.07, 6.45) is 3.88. The summed E-state index contributed by atoms with van der Waals surface area (Å²) in [5, 5.41) is 11.1. The summed E-state index contributed by atoms with van der Waals surface area (Å²) in [6, 6.07) is 4.76. The predicted octanol–water partition coefficient (Wildman–Crippen LogP) is 2.14. The van der Waals surface area contributed by atoms with Crippen molar-refractivity contribution in [1.82, 2.24) is 9.97 Å². The van der Waals surface area contributed by atoms with Gasteiger partial charge >= 0.3 is 0 Å². The van der Waals surface area contributed by atoms with Gasteiger partial charge in [-0.25, -0.2) is 14.4 Å². The third-order valence-electron chi connectivity index (χ3n) is 5.00. The first-order chi connectivity index (χ1) is 11.2. The fourth-order valence-electron chi connectivity index (χ4n) is 3.86. The number of benzene rings is 1. The van der Waals surface area contributed by atoms with E-state index in [0.717, 1.165) is 36.1 Å². The first kappa shape index (κ1) is 14.8. The molecular formula is C17H20FN3O2. The molecule has 1 N–H and O–H groups in total. The van der Waals surface area contributed by atoms with Gasteiger partial charge in [-0.2, -0.15) is 0 Å². The fourth-order valence-corrected chi connectivity index (χ4v) is 3.86. The lowest BCUT2D eigenvalue weighted by atomic mass is 9.89. The molecule has 2 aliphatic rings. The second kappa shape index (κ2) is 6.02. The molecule has 2 saturated heterocycles. The molecule has 0 saturated carbocycles. The summed E-state index contributed by atoms with van der Waals surface area (Å²) in [6.45, 7) is 2.04. The minimum Gasteiger partial charge on any atom is -0.393 e. The number of hydrogen-bond acceptors (Lipinski definition) is 5. The van der Waals surface area contributed by atoms with Crippen LogP contribution in [0.2, 0.25) is 0 Å². The Morgan fingerprint density at radius 2 is 2.17 bits per heavy atom. The number of nitrogens with zero attached hydrogens (tertiary/aromatic N) is 3. The molecule has 5 nitrogen and oxygen atoms in total. The third-order valence-corrected chi connectivity index (χ3v) is 5.00. The molecule has 0 aliphatic carbocycles. The van der Waals surface area contributed by atoms with E-state index in [2.05, 4.69) is 14.9 Å². The van der Waals surface area contributed by atoms with E-state index in [1.807, 2.05) is 0 Å². The van der Waals surface area contributed by atoms with Crippen LogP contribution in [0.25, 0.3) is 10.9 Å². The molecule has 0 bridgehead atoms. The minimum absolute atomic E-state index is 0.0739. The molecular weight excluding hydrogens is 297 g/mol. The van der Waals surface area contributed by atoms with Gasteiger partial charge in [0.1, 0.15) is 18.0 Å². The third kappa shape index (κ3) is 2.66. The minimum atomic E-state index is -0.348. The van der Waals surface area contributed by atoms with E-state index in [1.54, 1.807) is 6.07 Å². The Morgan fingerprint density at radius 3 is 3.04 bits per heavy atom. The summed E-state index contributed by atoms with van der Waals surface area (Å²) < 4.78 is 19.3. The van der Waals surface area contributed by atoms with Crippen molar-refractivity contribution in [3.05, 3.63) is 30.3 Å². The molecule has 122 valence electrons. The van der Waals surface area contributed by atoms with E-state index in [4.69, 9.17) is 4.74 Å². The number of fused-ring (bicyclic) bond motifs is 1. The van der Waals surface area contributed by atoms with Crippen LogP contribution in [0.15, 0.2) is 24.5 Å². The van der Waals surface area contributed by atoms with Crippen molar-refractivity contribution < 1.29 is 14.2 Å². The quantitative estimate of drug-likeness (QED) is 0.919. The summed E-state index contributed by atoms with van der Waals surface area (Å²) in [4.78, 5) is 10.9. The number of halogens is 1. The highest BCUT2D eigenvalue weighted by molar-refractivity contribution is 5.89. The topological polar surface area (TPSA) is 58.5 Å². The predicted molar refractivity (Wildman–Crippen MR) is 84.8 cm³/mol. The number of anilines is 1. The summed E-state index contributed by atoms with van der Waals surface area (Å²) in [7, 11) is 0. The van der Waals surface area contributed by atoms with E-state index in [-0.39, 0.29) is 23.9 Å². The summed E-state index contributed by atoms with van der Waals surface area (Å²) >= 11 is 0. The van der Waals surface area contributed by atoms with Crippen LogP contribution in [-0.4, -0.2) is 47.0 Å². The number of rotatable bonds is 2. The number of hydrogen-bond donors (Lipinski definition) is 1. The van der Waals surface area contributed by atoms with Gasteiger partial charge in [-0.05, 0) is 37.5 Å². The molecule has 2 fully saturated rings. The van der Waals surface area contributed by atoms with Crippen molar-refractivity contribution in [2.24, 2.45) is 5.92 Å². The highest BCUT2D eigenvalue weighted by Crippen LogP contribution is 2.35. The van der Waals surface area contributed by atoms with Crippen molar-refractivity contribution in [3.63, 3.8) is 0 Å². The molecule has 3 heterocycles. The van der Waals surface area contributed by atoms with E-state index < -0.39 is 0 Å². The first-order valence-electron chi connectivity index (χ1n) is 8.17. The maximum absolute atomic E-state index is 13.7. The zero-order valence-corrected chi connectivity index (χ0v) is 12.9. The average Bonchev–Trinajstić information content (AvgIpc) is 3.04. The van der Waals surface area contributed by atoms with Gasteiger partial charge in [0, 0.05) is 30.5 Å². The number of ether oxygens (including phenoxy) is 1. The van der Waals surface area contributed by atoms with Gasteiger partial charge in [0.25, 0.3) is 0 Å². The highest BCUT2D eigenvalue weighted by atomic mass is 19.1. The molecule has 4 rings (SSSR count). The SMILES string of the molecule is OC1CCOCC1C1CCCN1c1ncnc2ccc(F)cc12. The van der Waals surface area contributed by atoms with E-state index in [1.165, 1.54) is 18.5 Å². The molecule has 2 aliphatic heterocycles. The highest BCUT2D eigenvalue weighted by Gasteiger charge is 2.38. The Kier molecular flexibility index (Phi) is 3.87. The Bertz CT molecular complexity index is 711. The van der Waals surface area contributed by atoms with Crippen LogP contribution < -0.4 is 4.90 Å². The lowest BCUT2D eigenvalue weighted by molar-refractivity contribution is -0.0438. The Labute approximate surface area is 134 Å². The molecule has 6 heteroatoms. The van der Waals surface area contributed by atoms with Crippen molar-refractivity contribution >= 4 is 16.7 Å². The normalized spacial score (nSPS) is 28.4. The average molecular weight is 317 g/mol. The van der Waals surface area contributed by atoms with E-state index in [9.17, 15) is 9.50 Å². The van der Waals surface area contributed by atoms with Crippen LogP contribution in [0, 0.1) is 11.7 Å². The van der Waals surface area contributed by atoms with Gasteiger partial charge in [-0.3, -0.25) is 0 Å². The largest absolute Gasteiger partial charge is 0.393 e. The van der Waals surface area contributed by atoms with Crippen molar-refractivity contribution in [1.29, 1.82) is 0 Å². The van der Waals surface area contributed by atoms with Crippen molar-refractivity contribution in [3.8, 4) is 0 Å². The zero-order valence-electron chi connectivity index (χ0n) is 12.9. The molecule has 3 unspecified atom stereocenters. The monoisotopic (exact) mass is 317 g/mol. The number of aromatic nitrogens is 2. The second-order valence-corrected chi connectivity index (χ2v) is 6.36. The Hall–Kier alpha value is -1.79. The maximum Gasteiger partial charge on any atom is 0.140 e. The Balaban J connectivity index is 1.73. The van der Waals surface area contributed by atoms with Gasteiger partial charge in [0.15, 0.2) is 0 Å². The van der Waals surface area contributed by atoms with Crippen LogP contribution in [0.3, 0.4) is 0 Å². The van der Waals surface area contributed by atoms with Gasteiger partial charge < -0.3 is 14.7 Å². The molecule has 3 atom stereocenters. The number of aliphatic hydroxyl groups is 1. The van der Waals surface area contributed by atoms with Crippen molar-refractivity contribution in [2.45, 2.75) is 31.4 Å². The van der Waals surface area contributed by atoms with E-state index in [0.29, 0.717) is 19.6 Å². The van der Waals surface area contributed by atoms with E-state index >= 15 is 0 Å². The van der Waals surface area contributed by atoms with Gasteiger partial charge in [-0.15, -0.1) is 0 Å². The Morgan fingerprint density at radius 1 is 1.26 bits per heavy atom. The lowest BCUT2D eigenvalue weighted by Gasteiger charge is -2.37. The van der Waals surface area contributed by atoms with Crippen LogP contribution >= 0.6 is 0 Å². The van der Waals surface area contributed by atoms with Crippen LogP contribution in [-0.2, 0) is 4.74 Å². The molecule has 0 radical (unpaired) electrons. The smallest absolute Gasteiger partial charge is 0.140 e. The molecule has 0 amide bonds. The lowest BCUT2D eigenvalue weighted by Crippen LogP contribution is -2.46. The van der Waals surface area contributed by atoms with Crippen LogP contribution in [0.1, 0.15) is 19.3 Å². The van der Waals surface area contributed by atoms with Gasteiger partial charge in [-0.1, -0.05) is 0 Å².